The molecule has 0 radical (unpaired) electrons. The minimum absolute atomic E-state index is 0.0109. The maximum absolute atomic E-state index is 13.3. The van der Waals surface area contributed by atoms with E-state index in [4.69, 9.17) is 9.15 Å². The van der Waals surface area contributed by atoms with Crippen LogP contribution in [0.15, 0.2) is 41.5 Å². The highest BCUT2D eigenvalue weighted by Crippen LogP contribution is 2.34. The van der Waals surface area contributed by atoms with Crippen LogP contribution in [-0.4, -0.2) is 42.5 Å². The number of piperidine rings is 1. The first kappa shape index (κ1) is 17.8. The largest absolute Gasteiger partial charge is 0.489 e. The Hall–Kier alpha value is -2.60. The standard InChI is InChI=1S/C21H24N2O4/c1-2-9-26-18-11-15(12-19-17(18)7-10-27-19)21(25)23(16-5-6-16)20(24)14-4-3-8-22-13-14/h2,7,10-12,14,16,22H,1,3-6,8-9,13H2. The zero-order valence-corrected chi connectivity index (χ0v) is 15.3. The van der Waals surface area contributed by atoms with E-state index in [0.29, 0.717) is 30.0 Å². The molecule has 1 saturated carbocycles. The SMILES string of the molecule is C=CCOc1cc(C(=O)N(C(=O)C2CCCNC2)C2CC2)cc2occc12. The van der Waals surface area contributed by atoms with Crippen molar-refractivity contribution in [3.05, 3.63) is 42.7 Å². The number of hydrogen-bond acceptors (Lipinski definition) is 5. The quantitative estimate of drug-likeness (QED) is 0.626. The lowest BCUT2D eigenvalue weighted by molar-refractivity contribution is -0.133. The predicted molar refractivity (Wildman–Crippen MR) is 102 cm³/mol. The molecular formula is C21H24N2O4. The monoisotopic (exact) mass is 368 g/mol. The summed E-state index contributed by atoms with van der Waals surface area (Å²) in [5, 5.41) is 4.06. The smallest absolute Gasteiger partial charge is 0.261 e. The summed E-state index contributed by atoms with van der Waals surface area (Å²) in [5.74, 6) is 0.0942. The molecule has 2 fully saturated rings. The summed E-state index contributed by atoms with van der Waals surface area (Å²) in [5.41, 5.74) is 0.989. The van der Waals surface area contributed by atoms with Gasteiger partial charge in [-0.05, 0) is 50.4 Å². The Kier molecular flexibility index (Phi) is 4.99. The van der Waals surface area contributed by atoms with E-state index in [2.05, 4.69) is 11.9 Å². The summed E-state index contributed by atoms with van der Waals surface area (Å²) in [7, 11) is 0. The van der Waals surface area contributed by atoms with E-state index in [0.717, 1.165) is 37.6 Å². The third kappa shape index (κ3) is 3.62. The summed E-state index contributed by atoms with van der Waals surface area (Å²) >= 11 is 0. The second-order valence-corrected chi connectivity index (χ2v) is 7.19. The van der Waals surface area contributed by atoms with Crippen molar-refractivity contribution in [2.24, 2.45) is 5.92 Å². The first-order chi connectivity index (χ1) is 13.2. The Bertz CT molecular complexity index is 862. The van der Waals surface area contributed by atoms with Crippen LogP contribution in [-0.2, 0) is 4.79 Å². The van der Waals surface area contributed by atoms with Gasteiger partial charge in [-0.2, -0.15) is 0 Å². The van der Waals surface area contributed by atoms with Crippen molar-refractivity contribution in [1.82, 2.24) is 10.2 Å². The summed E-state index contributed by atoms with van der Waals surface area (Å²) in [4.78, 5) is 27.8. The fraction of sp³-hybridized carbons (Fsp3) is 0.429. The summed E-state index contributed by atoms with van der Waals surface area (Å²) in [6, 6.07) is 5.21. The van der Waals surface area contributed by atoms with Crippen molar-refractivity contribution in [1.29, 1.82) is 0 Å². The van der Waals surface area contributed by atoms with E-state index in [9.17, 15) is 9.59 Å². The van der Waals surface area contributed by atoms with Crippen LogP contribution in [0.1, 0.15) is 36.0 Å². The van der Waals surface area contributed by atoms with E-state index in [1.165, 1.54) is 4.90 Å². The maximum Gasteiger partial charge on any atom is 0.261 e. The van der Waals surface area contributed by atoms with Gasteiger partial charge in [-0.3, -0.25) is 14.5 Å². The van der Waals surface area contributed by atoms with Gasteiger partial charge in [-0.1, -0.05) is 12.7 Å². The van der Waals surface area contributed by atoms with Crippen molar-refractivity contribution >= 4 is 22.8 Å². The predicted octanol–water partition coefficient (Wildman–Crippen LogP) is 3.13. The lowest BCUT2D eigenvalue weighted by atomic mass is 9.97. The van der Waals surface area contributed by atoms with E-state index in [1.54, 1.807) is 30.5 Å². The van der Waals surface area contributed by atoms with Crippen LogP contribution in [0.4, 0.5) is 0 Å². The number of nitrogens with one attached hydrogen (secondary N) is 1. The van der Waals surface area contributed by atoms with Gasteiger partial charge < -0.3 is 14.5 Å². The topological polar surface area (TPSA) is 71.8 Å². The molecule has 2 amide bonds. The van der Waals surface area contributed by atoms with Crippen molar-refractivity contribution in [2.75, 3.05) is 19.7 Å². The minimum atomic E-state index is -0.269. The molecule has 2 heterocycles. The Morgan fingerprint density at radius 3 is 2.89 bits per heavy atom. The third-order valence-corrected chi connectivity index (χ3v) is 5.15. The molecule has 2 aliphatic rings. The molecule has 27 heavy (non-hydrogen) atoms. The van der Waals surface area contributed by atoms with Crippen molar-refractivity contribution in [2.45, 2.75) is 31.7 Å². The molecule has 1 saturated heterocycles. The molecule has 6 nitrogen and oxygen atoms in total. The number of nitrogens with zero attached hydrogens (tertiary/aromatic N) is 1. The number of imide groups is 1. The molecule has 1 aromatic heterocycles. The van der Waals surface area contributed by atoms with Crippen molar-refractivity contribution < 1.29 is 18.7 Å². The number of furan rings is 1. The van der Waals surface area contributed by atoms with Gasteiger partial charge in [0.05, 0.1) is 17.6 Å². The molecule has 1 atom stereocenters. The number of fused-ring (bicyclic) bond motifs is 1. The van der Waals surface area contributed by atoms with Gasteiger partial charge in [0.1, 0.15) is 17.9 Å². The lowest BCUT2D eigenvalue weighted by Crippen LogP contribution is -2.46. The summed E-state index contributed by atoms with van der Waals surface area (Å²) < 4.78 is 11.2. The molecule has 1 aliphatic carbocycles. The average Bonchev–Trinajstić information content (AvgIpc) is 3.41. The van der Waals surface area contributed by atoms with Crippen molar-refractivity contribution in [3.8, 4) is 5.75 Å². The van der Waals surface area contributed by atoms with Gasteiger partial charge in [-0.15, -0.1) is 0 Å². The lowest BCUT2D eigenvalue weighted by Gasteiger charge is -2.28. The number of benzene rings is 1. The first-order valence-electron chi connectivity index (χ1n) is 9.52. The van der Waals surface area contributed by atoms with Gasteiger partial charge in [0.15, 0.2) is 0 Å². The number of carbonyl (C=O) groups is 2. The molecule has 2 aromatic rings. The van der Waals surface area contributed by atoms with Crippen molar-refractivity contribution in [3.63, 3.8) is 0 Å². The molecule has 6 heteroatoms. The molecule has 0 spiro atoms. The molecule has 1 unspecified atom stereocenters. The Morgan fingerprint density at radius 2 is 2.19 bits per heavy atom. The highest BCUT2D eigenvalue weighted by Gasteiger charge is 2.40. The van der Waals surface area contributed by atoms with Crippen LogP contribution >= 0.6 is 0 Å². The fourth-order valence-electron chi connectivity index (χ4n) is 3.61. The van der Waals surface area contributed by atoms with Gasteiger partial charge in [0, 0.05) is 18.2 Å². The average molecular weight is 368 g/mol. The van der Waals surface area contributed by atoms with Crippen LogP contribution in [0.25, 0.3) is 11.0 Å². The molecule has 4 rings (SSSR count). The summed E-state index contributed by atoms with van der Waals surface area (Å²) in [6.07, 6.45) is 6.75. The van der Waals surface area contributed by atoms with E-state index in [-0.39, 0.29) is 23.8 Å². The first-order valence-corrected chi connectivity index (χ1v) is 9.52. The number of amides is 2. The summed E-state index contributed by atoms with van der Waals surface area (Å²) in [6.45, 7) is 5.56. The van der Waals surface area contributed by atoms with E-state index < -0.39 is 0 Å². The van der Waals surface area contributed by atoms with Crippen LogP contribution in [0.2, 0.25) is 0 Å². The molecular weight excluding hydrogens is 344 g/mol. The number of carbonyl (C=O) groups excluding carboxylic acids is 2. The minimum Gasteiger partial charge on any atom is -0.489 e. The maximum atomic E-state index is 13.3. The normalized spacial score (nSPS) is 19.6. The van der Waals surface area contributed by atoms with Gasteiger partial charge in [0.25, 0.3) is 5.91 Å². The van der Waals surface area contributed by atoms with Gasteiger partial charge in [-0.25, -0.2) is 0 Å². The van der Waals surface area contributed by atoms with Crippen LogP contribution in [0.3, 0.4) is 0 Å². The molecule has 1 aromatic carbocycles. The fourth-order valence-corrected chi connectivity index (χ4v) is 3.61. The second kappa shape index (κ2) is 7.56. The Labute approximate surface area is 158 Å². The van der Waals surface area contributed by atoms with E-state index >= 15 is 0 Å². The highest BCUT2D eigenvalue weighted by atomic mass is 16.5. The van der Waals surface area contributed by atoms with Gasteiger partial charge in [0.2, 0.25) is 5.91 Å². The zero-order chi connectivity index (χ0) is 18.8. The van der Waals surface area contributed by atoms with E-state index in [1.807, 2.05) is 0 Å². The number of hydrogen-bond donors (Lipinski definition) is 1. The highest BCUT2D eigenvalue weighted by molar-refractivity contribution is 6.08. The Balaban J connectivity index is 1.64. The number of ether oxygens (including phenoxy) is 1. The molecule has 1 aliphatic heterocycles. The number of rotatable bonds is 6. The van der Waals surface area contributed by atoms with Gasteiger partial charge >= 0.3 is 0 Å². The van der Waals surface area contributed by atoms with Crippen LogP contribution in [0.5, 0.6) is 5.75 Å². The second-order valence-electron chi connectivity index (χ2n) is 7.19. The zero-order valence-electron chi connectivity index (χ0n) is 15.3. The van der Waals surface area contributed by atoms with Crippen LogP contribution in [0, 0.1) is 5.92 Å². The molecule has 0 bridgehead atoms. The molecule has 1 N–H and O–H groups in total. The Morgan fingerprint density at radius 1 is 1.33 bits per heavy atom. The van der Waals surface area contributed by atoms with Crippen LogP contribution < -0.4 is 10.1 Å². The third-order valence-electron chi connectivity index (χ3n) is 5.15. The molecule has 142 valence electrons.